The van der Waals surface area contributed by atoms with Crippen molar-refractivity contribution in [3.05, 3.63) is 46.1 Å². The summed E-state index contributed by atoms with van der Waals surface area (Å²) in [6.07, 6.45) is 5.57. The summed E-state index contributed by atoms with van der Waals surface area (Å²) in [4.78, 5) is 24.6. The smallest absolute Gasteiger partial charge is 0.256 e. The minimum atomic E-state index is -0.270. The van der Waals surface area contributed by atoms with Crippen molar-refractivity contribution >= 4 is 29.3 Å². The summed E-state index contributed by atoms with van der Waals surface area (Å²) < 4.78 is 0. The highest BCUT2D eigenvalue weighted by Crippen LogP contribution is 2.45. The van der Waals surface area contributed by atoms with Gasteiger partial charge in [-0.3, -0.25) is 4.79 Å². The largest absolute Gasteiger partial charge is 0.393 e. The Labute approximate surface area is 198 Å². The topological polar surface area (TPSA) is 111 Å². The summed E-state index contributed by atoms with van der Waals surface area (Å²) in [5.74, 6) is 2.44. The van der Waals surface area contributed by atoms with Gasteiger partial charge in [-0.05, 0) is 61.1 Å². The summed E-state index contributed by atoms with van der Waals surface area (Å²) in [6, 6.07) is 5.55. The van der Waals surface area contributed by atoms with Crippen molar-refractivity contribution in [2.24, 2.45) is 11.8 Å². The molecule has 1 saturated heterocycles. The Morgan fingerprint density at radius 2 is 1.94 bits per heavy atom. The molecule has 5 rings (SSSR count). The highest BCUT2D eigenvalue weighted by Gasteiger charge is 2.46. The van der Waals surface area contributed by atoms with Crippen molar-refractivity contribution in [2.75, 3.05) is 23.3 Å². The number of fused-ring (bicyclic) bond motifs is 1. The van der Waals surface area contributed by atoms with Gasteiger partial charge in [-0.1, -0.05) is 23.7 Å². The molecule has 1 amide bonds. The molecule has 9 heteroatoms. The zero-order valence-corrected chi connectivity index (χ0v) is 19.3. The Hall–Kier alpha value is -2.42. The van der Waals surface area contributed by atoms with E-state index in [1.54, 1.807) is 12.3 Å². The number of aliphatic hydroxyl groups excluding tert-OH is 2. The Balaban J connectivity index is 1.34. The number of rotatable bonds is 7. The zero-order valence-electron chi connectivity index (χ0n) is 18.5. The van der Waals surface area contributed by atoms with Gasteiger partial charge < -0.3 is 25.7 Å². The molecular weight excluding hydrogens is 442 g/mol. The van der Waals surface area contributed by atoms with Crippen LogP contribution < -0.4 is 15.5 Å². The van der Waals surface area contributed by atoms with Crippen LogP contribution in [0.15, 0.2) is 24.4 Å². The molecule has 33 heavy (non-hydrogen) atoms. The van der Waals surface area contributed by atoms with Gasteiger partial charge in [0, 0.05) is 36.9 Å². The van der Waals surface area contributed by atoms with Gasteiger partial charge in [-0.15, -0.1) is 0 Å². The summed E-state index contributed by atoms with van der Waals surface area (Å²) in [7, 11) is 0. The molecule has 8 nitrogen and oxygen atoms in total. The van der Waals surface area contributed by atoms with E-state index in [0.29, 0.717) is 47.3 Å². The van der Waals surface area contributed by atoms with E-state index in [1.807, 2.05) is 12.1 Å². The van der Waals surface area contributed by atoms with Gasteiger partial charge in [0.25, 0.3) is 5.91 Å². The maximum Gasteiger partial charge on any atom is 0.256 e. The molecule has 2 aromatic rings. The van der Waals surface area contributed by atoms with Gasteiger partial charge in [0.2, 0.25) is 5.95 Å². The number of carbonyl (C=O) groups excluding carboxylic acids is 1. The van der Waals surface area contributed by atoms with Gasteiger partial charge in [0.1, 0.15) is 11.4 Å². The maximum absolute atomic E-state index is 13.1. The van der Waals surface area contributed by atoms with E-state index < -0.39 is 0 Å². The third kappa shape index (κ3) is 5.08. The molecule has 176 valence electrons. The van der Waals surface area contributed by atoms with Crippen molar-refractivity contribution in [3.8, 4) is 0 Å². The number of carbonyl (C=O) groups is 1. The Morgan fingerprint density at radius 3 is 2.64 bits per heavy atom. The number of benzene rings is 1. The zero-order chi connectivity index (χ0) is 22.9. The summed E-state index contributed by atoms with van der Waals surface area (Å²) in [5.41, 5.74) is 2.01. The average Bonchev–Trinajstić information content (AvgIpc) is 3.43. The molecule has 2 atom stereocenters. The number of piperidine rings is 1. The minimum Gasteiger partial charge on any atom is -0.393 e. The first-order valence-electron chi connectivity index (χ1n) is 11.7. The predicted molar refractivity (Wildman–Crippen MR) is 126 cm³/mol. The van der Waals surface area contributed by atoms with Crippen molar-refractivity contribution < 1.29 is 15.0 Å². The van der Waals surface area contributed by atoms with Gasteiger partial charge in [0.05, 0.1) is 12.7 Å². The van der Waals surface area contributed by atoms with Crippen molar-refractivity contribution in [2.45, 2.75) is 57.4 Å². The highest BCUT2D eigenvalue weighted by atomic mass is 35.5. The molecule has 0 radical (unpaired) electrons. The van der Waals surface area contributed by atoms with Gasteiger partial charge in [0.15, 0.2) is 0 Å². The Kier molecular flexibility index (Phi) is 6.40. The van der Waals surface area contributed by atoms with E-state index >= 15 is 0 Å². The van der Waals surface area contributed by atoms with E-state index in [0.717, 1.165) is 43.3 Å². The lowest BCUT2D eigenvalue weighted by atomic mass is 9.93. The van der Waals surface area contributed by atoms with E-state index in [9.17, 15) is 15.0 Å². The number of halogens is 1. The lowest BCUT2D eigenvalue weighted by Crippen LogP contribution is -2.39. The first-order chi connectivity index (χ1) is 16.0. The van der Waals surface area contributed by atoms with Gasteiger partial charge in [-0.25, -0.2) is 4.98 Å². The summed E-state index contributed by atoms with van der Waals surface area (Å²) in [6.45, 7) is 2.27. The van der Waals surface area contributed by atoms with Crippen LogP contribution in [0.4, 0.5) is 11.8 Å². The van der Waals surface area contributed by atoms with Gasteiger partial charge >= 0.3 is 0 Å². The first kappa shape index (κ1) is 22.4. The fourth-order valence-electron chi connectivity index (χ4n) is 4.89. The van der Waals surface area contributed by atoms with Crippen LogP contribution in [0.2, 0.25) is 5.02 Å². The SMILES string of the molecule is O=C(N[C@H]1CC[C@H](O)CC1)c1cnc(N2CC3CC3C2)nc1NCc1ccc(CO)c(Cl)c1. The van der Waals surface area contributed by atoms with Crippen molar-refractivity contribution in [1.82, 2.24) is 15.3 Å². The minimum absolute atomic E-state index is 0.0453. The molecule has 0 spiro atoms. The van der Waals surface area contributed by atoms with E-state index in [4.69, 9.17) is 16.6 Å². The number of nitrogens with one attached hydrogen (secondary N) is 2. The van der Waals surface area contributed by atoms with E-state index in [1.165, 1.54) is 6.42 Å². The second-order valence-electron chi connectivity index (χ2n) is 9.51. The number of hydrogen-bond donors (Lipinski definition) is 4. The van der Waals surface area contributed by atoms with Crippen LogP contribution >= 0.6 is 11.6 Å². The van der Waals surface area contributed by atoms with Crippen LogP contribution in [0.3, 0.4) is 0 Å². The fraction of sp³-hybridized carbons (Fsp3) is 0.542. The van der Waals surface area contributed by atoms with Crippen LogP contribution in [0.25, 0.3) is 0 Å². The molecule has 2 heterocycles. The summed E-state index contributed by atoms with van der Waals surface area (Å²) >= 11 is 6.24. The molecule has 2 unspecified atom stereocenters. The van der Waals surface area contributed by atoms with Crippen molar-refractivity contribution in [1.29, 1.82) is 0 Å². The standard InChI is InChI=1S/C24H30ClN5O3/c25-21-7-14(1-2-15(21)13-31)9-26-22-20(23(33)28-18-3-5-19(32)6-4-18)10-27-24(29-22)30-11-16-8-17(16)12-30/h1-2,7,10,16-19,31-32H,3-6,8-9,11-13H2,(H,28,33)(H,26,27,29)/t16?,17?,18-,19-. The quantitative estimate of drug-likeness (QED) is 0.491. The second kappa shape index (κ2) is 9.44. The third-order valence-corrected chi connectivity index (χ3v) is 7.41. The molecule has 4 N–H and O–H groups in total. The van der Waals surface area contributed by atoms with Crippen LogP contribution in [0.1, 0.15) is 53.6 Å². The normalized spacial score (nSPS) is 26.1. The predicted octanol–water partition coefficient (Wildman–Crippen LogP) is 2.72. The molecular formula is C24H30ClN5O3. The monoisotopic (exact) mass is 471 g/mol. The van der Waals surface area contributed by atoms with Gasteiger partial charge in [-0.2, -0.15) is 4.98 Å². The maximum atomic E-state index is 13.1. The van der Waals surface area contributed by atoms with E-state index in [2.05, 4.69) is 20.5 Å². The Morgan fingerprint density at radius 1 is 1.18 bits per heavy atom. The number of nitrogens with zero attached hydrogens (tertiary/aromatic N) is 3. The molecule has 2 aliphatic carbocycles. The average molecular weight is 472 g/mol. The molecule has 1 aliphatic heterocycles. The Bertz CT molecular complexity index is 1020. The molecule has 1 aromatic heterocycles. The lowest BCUT2D eigenvalue weighted by molar-refractivity contribution is 0.0867. The van der Waals surface area contributed by atoms with Crippen LogP contribution in [0, 0.1) is 11.8 Å². The molecule has 2 saturated carbocycles. The molecule has 0 bridgehead atoms. The number of aliphatic hydroxyl groups is 2. The summed E-state index contributed by atoms with van der Waals surface area (Å²) in [5, 5.41) is 26.0. The fourth-order valence-corrected chi connectivity index (χ4v) is 5.15. The van der Waals surface area contributed by atoms with E-state index in [-0.39, 0.29) is 24.7 Å². The van der Waals surface area contributed by atoms with Crippen LogP contribution in [0.5, 0.6) is 0 Å². The number of aromatic nitrogens is 2. The van der Waals surface area contributed by atoms with Crippen LogP contribution in [-0.2, 0) is 13.2 Å². The number of anilines is 2. The second-order valence-corrected chi connectivity index (χ2v) is 9.92. The molecule has 3 aliphatic rings. The van der Waals surface area contributed by atoms with Crippen molar-refractivity contribution in [3.63, 3.8) is 0 Å². The molecule has 3 fully saturated rings. The van der Waals surface area contributed by atoms with Crippen LogP contribution in [-0.4, -0.2) is 51.3 Å². The first-order valence-corrected chi connectivity index (χ1v) is 12.1. The lowest BCUT2D eigenvalue weighted by Gasteiger charge is -2.26. The number of amides is 1. The third-order valence-electron chi connectivity index (χ3n) is 7.06. The molecule has 1 aromatic carbocycles. The highest BCUT2D eigenvalue weighted by molar-refractivity contribution is 6.31. The number of hydrogen-bond acceptors (Lipinski definition) is 7.